The van der Waals surface area contributed by atoms with Crippen LogP contribution in [0.1, 0.15) is 38.7 Å². The molecule has 1 aromatic carbocycles. The molecule has 1 heterocycles. The molecule has 20 heavy (non-hydrogen) atoms. The first kappa shape index (κ1) is 15.4. The quantitative estimate of drug-likeness (QED) is 0.930. The molecule has 0 unspecified atom stereocenters. The molecule has 0 amide bonds. The van der Waals surface area contributed by atoms with Crippen molar-refractivity contribution in [2.75, 3.05) is 0 Å². The number of rotatable bonds is 4. The van der Waals surface area contributed by atoms with Crippen molar-refractivity contribution in [1.29, 1.82) is 0 Å². The van der Waals surface area contributed by atoms with Gasteiger partial charge in [-0.2, -0.15) is 0 Å². The maximum atomic E-state index is 12.1. The van der Waals surface area contributed by atoms with E-state index in [0.717, 1.165) is 9.88 Å². The van der Waals surface area contributed by atoms with E-state index >= 15 is 0 Å². The van der Waals surface area contributed by atoms with Gasteiger partial charge in [-0.3, -0.25) is 0 Å². The monoisotopic (exact) mass is 308 g/mol. The second-order valence-corrected chi connectivity index (χ2v) is 8.71. The van der Waals surface area contributed by atoms with E-state index in [1.807, 2.05) is 52.1 Å². The summed E-state index contributed by atoms with van der Waals surface area (Å²) in [6, 6.07) is 10.2. The summed E-state index contributed by atoms with van der Waals surface area (Å²) in [4.78, 5) is 5.58. The Balaban J connectivity index is 2.11. The fraction of sp³-hybridized carbons (Fsp3) is 0.400. The maximum absolute atomic E-state index is 12.1. The lowest BCUT2D eigenvalue weighted by molar-refractivity contribution is 0.615. The van der Waals surface area contributed by atoms with Crippen LogP contribution in [0.25, 0.3) is 10.4 Å². The van der Waals surface area contributed by atoms with E-state index in [0.29, 0.717) is 0 Å². The summed E-state index contributed by atoms with van der Waals surface area (Å²) in [5.74, 6) is 0. The maximum Gasteiger partial charge on any atom is 0.111 e. The lowest BCUT2D eigenvalue weighted by Gasteiger charge is -2.20. The van der Waals surface area contributed by atoms with Crippen molar-refractivity contribution in [2.45, 2.75) is 38.5 Å². The Kier molecular flexibility index (Phi) is 4.73. The summed E-state index contributed by atoms with van der Waals surface area (Å²) in [7, 11) is -1.09. The third-order valence-corrected chi connectivity index (χ3v) is 5.70. The van der Waals surface area contributed by atoms with Crippen LogP contribution in [0.3, 0.4) is 0 Å². The van der Waals surface area contributed by atoms with Crippen LogP contribution in [0.2, 0.25) is 0 Å². The predicted molar refractivity (Wildman–Crippen MR) is 87.0 cm³/mol. The first-order valence-electron chi connectivity index (χ1n) is 6.57. The van der Waals surface area contributed by atoms with Gasteiger partial charge in [0.25, 0.3) is 0 Å². The molecule has 0 saturated heterocycles. The zero-order chi connectivity index (χ0) is 14.8. The minimum Gasteiger partial charge on any atom is -0.247 e. The lowest BCUT2D eigenvalue weighted by atomic mass is 10.2. The molecule has 0 bridgehead atoms. The standard InChI is InChI=1S/C15H20N2OS2/c1-11(17-20(18)15(2,3)4)14-16-10-13(19-14)12-8-6-5-7-9-12/h5-11,17H,1-4H3/t11-,20-/m1/s1. The molecular weight excluding hydrogens is 288 g/mol. The van der Waals surface area contributed by atoms with E-state index in [2.05, 4.69) is 21.8 Å². The Morgan fingerprint density at radius 3 is 2.50 bits per heavy atom. The van der Waals surface area contributed by atoms with Crippen LogP contribution in [0.5, 0.6) is 0 Å². The number of hydrogen-bond donors (Lipinski definition) is 1. The van der Waals surface area contributed by atoms with Crippen LogP contribution < -0.4 is 4.72 Å². The normalized spacial score (nSPS) is 15.0. The Labute approximate surface area is 127 Å². The number of nitrogens with one attached hydrogen (secondary N) is 1. The predicted octanol–water partition coefficient (Wildman–Crippen LogP) is 3.92. The first-order chi connectivity index (χ1) is 9.38. The Morgan fingerprint density at radius 1 is 1.25 bits per heavy atom. The van der Waals surface area contributed by atoms with Crippen LogP contribution in [0.4, 0.5) is 0 Å². The van der Waals surface area contributed by atoms with Crippen LogP contribution in [0.15, 0.2) is 36.5 Å². The topological polar surface area (TPSA) is 42.0 Å². The second kappa shape index (κ2) is 6.16. The van der Waals surface area contributed by atoms with Gasteiger partial charge in [-0.25, -0.2) is 13.9 Å². The molecule has 2 atom stereocenters. The van der Waals surface area contributed by atoms with Crippen molar-refractivity contribution in [3.63, 3.8) is 0 Å². The van der Waals surface area contributed by atoms with E-state index in [1.54, 1.807) is 11.3 Å². The smallest absolute Gasteiger partial charge is 0.111 e. The highest BCUT2D eigenvalue weighted by atomic mass is 32.2. The molecule has 1 aromatic heterocycles. The molecule has 2 aromatic rings. The Bertz CT molecular complexity index is 587. The molecule has 2 rings (SSSR count). The molecule has 0 aliphatic rings. The summed E-state index contributed by atoms with van der Waals surface area (Å²) in [6.45, 7) is 7.87. The van der Waals surface area contributed by atoms with Crippen molar-refractivity contribution in [1.82, 2.24) is 9.71 Å². The second-order valence-electron chi connectivity index (χ2n) is 5.65. The number of thiazole rings is 1. The van der Waals surface area contributed by atoms with Crippen LogP contribution in [-0.4, -0.2) is 13.9 Å². The summed E-state index contributed by atoms with van der Waals surface area (Å²) in [5, 5.41) is 0.960. The van der Waals surface area contributed by atoms with Gasteiger partial charge in [0.15, 0.2) is 0 Å². The third-order valence-electron chi connectivity index (χ3n) is 2.79. The number of hydrogen-bond acceptors (Lipinski definition) is 3. The highest BCUT2D eigenvalue weighted by Gasteiger charge is 2.22. The van der Waals surface area contributed by atoms with Crippen molar-refractivity contribution in [3.05, 3.63) is 41.5 Å². The van der Waals surface area contributed by atoms with E-state index in [-0.39, 0.29) is 10.8 Å². The Hall–Kier alpha value is -1.04. The number of nitrogens with zero attached hydrogens (tertiary/aromatic N) is 1. The van der Waals surface area contributed by atoms with Crippen molar-refractivity contribution >= 4 is 22.3 Å². The van der Waals surface area contributed by atoms with Gasteiger partial charge in [-0.15, -0.1) is 11.3 Å². The third kappa shape index (κ3) is 3.75. The zero-order valence-electron chi connectivity index (χ0n) is 12.2. The molecular formula is C15H20N2OS2. The van der Waals surface area contributed by atoms with Crippen molar-refractivity contribution in [2.24, 2.45) is 0 Å². The van der Waals surface area contributed by atoms with E-state index < -0.39 is 11.0 Å². The van der Waals surface area contributed by atoms with Gasteiger partial charge in [-0.1, -0.05) is 30.3 Å². The minimum atomic E-state index is -1.09. The Morgan fingerprint density at radius 2 is 1.90 bits per heavy atom. The summed E-state index contributed by atoms with van der Waals surface area (Å²) in [6.07, 6.45) is 1.88. The van der Waals surface area contributed by atoms with Gasteiger partial charge in [0.2, 0.25) is 0 Å². The fourth-order valence-corrected chi connectivity index (χ4v) is 3.40. The highest BCUT2D eigenvalue weighted by molar-refractivity contribution is 7.84. The number of benzene rings is 1. The zero-order valence-corrected chi connectivity index (χ0v) is 13.8. The molecule has 3 nitrogen and oxygen atoms in total. The molecule has 0 aliphatic carbocycles. The average molecular weight is 308 g/mol. The van der Waals surface area contributed by atoms with Crippen molar-refractivity contribution in [3.8, 4) is 10.4 Å². The van der Waals surface area contributed by atoms with Crippen LogP contribution in [0, 0.1) is 0 Å². The molecule has 1 N–H and O–H groups in total. The van der Waals surface area contributed by atoms with Crippen molar-refractivity contribution < 1.29 is 4.21 Å². The summed E-state index contributed by atoms with van der Waals surface area (Å²) < 4.78 is 15.0. The van der Waals surface area contributed by atoms with Gasteiger partial charge in [0.1, 0.15) is 5.01 Å². The molecule has 0 radical (unpaired) electrons. The van der Waals surface area contributed by atoms with Crippen LogP contribution >= 0.6 is 11.3 Å². The highest BCUT2D eigenvalue weighted by Crippen LogP contribution is 2.29. The van der Waals surface area contributed by atoms with Gasteiger partial charge in [0, 0.05) is 6.20 Å². The SMILES string of the molecule is C[C@@H](N[S@](=O)C(C)(C)C)c1ncc(-c2ccccc2)s1. The lowest BCUT2D eigenvalue weighted by Crippen LogP contribution is -2.34. The summed E-state index contributed by atoms with van der Waals surface area (Å²) in [5.41, 5.74) is 1.17. The van der Waals surface area contributed by atoms with Crippen LogP contribution in [-0.2, 0) is 11.0 Å². The molecule has 0 spiro atoms. The minimum absolute atomic E-state index is 0.0162. The molecule has 0 saturated carbocycles. The molecule has 0 aliphatic heterocycles. The van der Waals surface area contributed by atoms with Gasteiger partial charge >= 0.3 is 0 Å². The van der Waals surface area contributed by atoms with E-state index in [1.165, 1.54) is 5.56 Å². The van der Waals surface area contributed by atoms with Gasteiger partial charge in [0.05, 0.1) is 26.7 Å². The molecule has 108 valence electrons. The molecule has 5 heteroatoms. The summed E-state index contributed by atoms with van der Waals surface area (Å²) >= 11 is 1.64. The van der Waals surface area contributed by atoms with Gasteiger partial charge in [-0.05, 0) is 33.3 Å². The largest absolute Gasteiger partial charge is 0.247 e. The molecule has 0 fully saturated rings. The first-order valence-corrected chi connectivity index (χ1v) is 8.54. The average Bonchev–Trinajstić information content (AvgIpc) is 2.88. The fourth-order valence-electron chi connectivity index (χ4n) is 1.61. The van der Waals surface area contributed by atoms with E-state index in [4.69, 9.17) is 0 Å². The van der Waals surface area contributed by atoms with Gasteiger partial charge < -0.3 is 0 Å². The van der Waals surface area contributed by atoms with E-state index in [9.17, 15) is 4.21 Å². The number of aromatic nitrogens is 1.